The minimum Gasteiger partial charge on any atom is -0.491 e. The smallest absolute Gasteiger partial charge is 0.253 e. The molecule has 0 radical (unpaired) electrons. The van der Waals surface area contributed by atoms with Crippen molar-refractivity contribution in [3.63, 3.8) is 0 Å². The lowest BCUT2D eigenvalue weighted by Gasteiger charge is -2.23. The van der Waals surface area contributed by atoms with Crippen LogP contribution in [0.4, 0.5) is 10.1 Å². The van der Waals surface area contributed by atoms with E-state index in [-0.39, 0.29) is 11.7 Å². The summed E-state index contributed by atoms with van der Waals surface area (Å²) >= 11 is 0. The first-order chi connectivity index (χ1) is 13.2. The summed E-state index contributed by atoms with van der Waals surface area (Å²) in [4.78, 5) is 16.9. The summed E-state index contributed by atoms with van der Waals surface area (Å²) in [7, 11) is 1.63. The zero-order valence-electron chi connectivity index (χ0n) is 15.6. The van der Waals surface area contributed by atoms with Gasteiger partial charge in [0, 0.05) is 44.5 Å². The van der Waals surface area contributed by atoms with Gasteiger partial charge in [0.2, 0.25) is 0 Å². The van der Waals surface area contributed by atoms with Crippen molar-refractivity contribution in [2.75, 3.05) is 51.4 Å². The van der Waals surface area contributed by atoms with Crippen molar-refractivity contribution in [1.82, 2.24) is 4.90 Å². The lowest BCUT2D eigenvalue weighted by molar-refractivity contribution is 0.0767. The Bertz CT molecular complexity index is 734. The van der Waals surface area contributed by atoms with Crippen LogP contribution in [-0.4, -0.2) is 57.3 Å². The topological polar surface area (TPSA) is 42.0 Å². The molecule has 0 N–H and O–H groups in total. The monoisotopic (exact) mass is 372 g/mol. The molecule has 1 amide bonds. The predicted molar refractivity (Wildman–Crippen MR) is 103 cm³/mol. The number of rotatable bonds is 6. The Labute approximate surface area is 159 Å². The molecule has 3 rings (SSSR count). The Balaban J connectivity index is 1.58. The molecular weight excluding hydrogens is 347 g/mol. The SMILES string of the molecule is COCCOc1ccc(C(=O)N2CCCN(c3ccc(F)cc3)CC2)cc1. The van der Waals surface area contributed by atoms with Gasteiger partial charge in [-0.2, -0.15) is 0 Å². The molecule has 2 aromatic carbocycles. The van der Waals surface area contributed by atoms with Crippen LogP contribution >= 0.6 is 0 Å². The molecule has 1 saturated heterocycles. The van der Waals surface area contributed by atoms with Crippen LogP contribution in [0.15, 0.2) is 48.5 Å². The molecule has 2 aromatic rings. The zero-order chi connectivity index (χ0) is 19.1. The highest BCUT2D eigenvalue weighted by Gasteiger charge is 2.20. The van der Waals surface area contributed by atoms with Gasteiger partial charge in [-0.15, -0.1) is 0 Å². The maximum Gasteiger partial charge on any atom is 0.253 e. The van der Waals surface area contributed by atoms with Gasteiger partial charge in [0.15, 0.2) is 0 Å². The summed E-state index contributed by atoms with van der Waals surface area (Å²) < 4.78 is 23.6. The van der Waals surface area contributed by atoms with Crippen molar-refractivity contribution in [3.8, 4) is 5.75 Å². The van der Waals surface area contributed by atoms with Crippen LogP contribution in [0, 0.1) is 5.82 Å². The molecule has 0 aromatic heterocycles. The van der Waals surface area contributed by atoms with Crippen molar-refractivity contribution in [2.24, 2.45) is 0 Å². The number of carbonyl (C=O) groups excluding carboxylic acids is 1. The van der Waals surface area contributed by atoms with Gasteiger partial charge < -0.3 is 19.3 Å². The normalized spacial score (nSPS) is 14.7. The third kappa shape index (κ3) is 5.20. The van der Waals surface area contributed by atoms with E-state index in [1.54, 1.807) is 31.4 Å². The predicted octanol–water partition coefficient (Wildman–Crippen LogP) is 3.20. The van der Waals surface area contributed by atoms with Crippen LogP contribution in [0.5, 0.6) is 5.75 Å². The summed E-state index contributed by atoms with van der Waals surface area (Å²) in [6.07, 6.45) is 0.876. The molecule has 6 heteroatoms. The number of methoxy groups -OCH3 is 1. The van der Waals surface area contributed by atoms with Gasteiger partial charge in [0.05, 0.1) is 6.61 Å². The zero-order valence-corrected chi connectivity index (χ0v) is 15.6. The molecule has 0 unspecified atom stereocenters. The van der Waals surface area contributed by atoms with Crippen LogP contribution in [0.1, 0.15) is 16.8 Å². The number of nitrogens with zero attached hydrogens (tertiary/aromatic N) is 2. The summed E-state index contributed by atoms with van der Waals surface area (Å²) in [6, 6.07) is 13.7. The molecule has 1 heterocycles. The minimum atomic E-state index is -0.236. The Morgan fingerprint density at radius 3 is 2.41 bits per heavy atom. The van der Waals surface area contributed by atoms with E-state index in [4.69, 9.17) is 9.47 Å². The van der Waals surface area contributed by atoms with Gasteiger partial charge in [0.1, 0.15) is 18.2 Å². The molecule has 5 nitrogen and oxygen atoms in total. The van der Waals surface area contributed by atoms with Crippen LogP contribution in [0.25, 0.3) is 0 Å². The van der Waals surface area contributed by atoms with E-state index >= 15 is 0 Å². The fourth-order valence-electron chi connectivity index (χ4n) is 3.15. The van der Waals surface area contributed by atoms with Crippen molar-refractivity contribution in [1.29, 1.82) is 0 Å². The molecule has 1 aliphatic heterocycles. The van der Waals surface area contributed by atoms with Crippen molar-refractivity contribution in [2.45, 2.75) is 6.42 Å². The van der Waals surface area contributed by atoms with E-state index in [0.29, 0.717) is 31.9 Å². The third-order valence-corrected chi connectivity index (χ3v) is 4.63. The fourth-order valence-corrected chi connectivity index (χ4v) is 3.15. The first-order valence-corrected chi connectivity index (χ1v) is 9.19. The highest BCUT2D eigenvalue weighted by molar-refractivity contribution is 5.94. The summed E-state index contributed by atoms with van der Waals surface area (Å²) in [6.45, 7) is 3.94. The number of ether oxygens (including phenoxy) is 2. The number of halogens is 1. The summed E-state index contributed by atoms with van der Waals surface area (Å²) in [5.41, 5.74) is 1.65. The van der Waals surface area contributed by atoms with Crippen molar-refractivity contribution in [3.05, 3.63) is 59.9 Å². The van der Waals surface area contributed by atoms with Crippen LogP contribution in [-0.2, 0) is 4.74 Å². The average molecular weight is 372 g/mol. The van der Waals surface area contributed by atoms with Crippen LogP contribution in [0.2, 0.25) is 0 Å². The number of benzene rings is 2. The number of amides is 1. The number of anilines is 1. The van der Waals surface area contributed by atoms with Gasteiger partial charge in [-0.1, -0.05) is 0 Å². The highest BCUT2D eigenvalue weighted by Crippen LogP contribution is 2.19. The molecule has 1 aliphatic rings. The highest BCUT2D eigenvalue weighted by atomic mass is 19.1. The van der Waals surface area contributed by atoms with E-state index in [9.17, 15) is 9.18 Å². The van der Waals surface area contributed by atoms with Crippen LogP contribution in [0.3, 0.4) is 0 Å². The van der Waals surface area contributed by atoms with Crippen molar-refractivity contribution >= 4 is 11.6 Å². The van der Waals surface area contributed by atoms with E-state index in [1.807, 2.05) is 17.0 Å². The number of hydrogen-bond acceptors (Lipinski definition) is 4. The van der Waals surface area contributed by atoms with Gasteiger partial charge in [-0.3, -0.25) is 4.79 Å². The Morgan fingerprint density at radius 1 is 0.963 bits per heavy atom. The second-order valence-corrected chi connectivity index (χ2v) is 6.47. The quantitative estimate of drug-likeness (QED) is 0.731. The minimum absolute atomic E-state index is 0.0272. The second kappa shape index (κ2) is 9.37. The lowest BCUT2D eigenvalue weighted by Crippen LogP contribution is -2.35. The molecule has 144 valence electrons. The largest absolute Gasteiger partial charge is 0.491 e. The summed E-state index contributed by atoms with van der Waals surface area (Å²) in [5.74, 6) is 0.515. The van der Waals surface area contributed by atoms with E-state index < -0.39 is 0 Å². The van der Waals surface area contributed by atoms with E-state index in [2.05, 4.69) is 4.90 Å². The average Bonchev–Trinajstić information content (AvgIpc) is 2.95. The van der Waals surface area contributed by atoms with E-state index in [1.165, 1.54) is 12.1 Å². The molecular formula is C21H25FN2O3. The molecule has 0 atom stereocenters. The van der Waals surface area contributed by atoms with E-state index in [0.717, 1.165) is 30.9 Å². The lowest BCUT2D eigenvalue weighted by atomic mass is 10.2. The number of hydrogen-bond donors (Lipinski definition) is 0. The standard InChI is InChI=1S/C21H25FN2O3/c1-26-15-16-27-20-9-3-17(4-10-20)21(25)24-12-2-11-23(13-14-24)19-7-5-18(22)6-8-19/h3-10H,2,11-16H2,1H3. The molecule has 0 spiro atoms. The molecule has 0 saturated carbocycles. The first-order valence-electron chi connectivity index (χ1n) is 9.19. The van der Waals surface area contributed by atoms with Gasteiger partial charge in [0.25, 0.3) is 5.91 Å². The Morgan fingerprint density at radius 2 is 1.70 bits per heavy atom. The fraction of sp³-hybridized carbons (Fsp3) is 0.381. The molecule has 0 aliphatic carbocycles. The maximum absolute atomic E-state index is 13.1. The molecule has 0 bridgehead atoms. The summed E-state index contributed by atoms with van der Waals surface area (Å²) in [5, 5.41) is 0. The number of carbonyl (C=O) groups is 1. The molecule has 1 fully saturated rings. The van der Waals surface area contributed by atoms with Gasteiger partial charge >= 0.3 is 0 Å². The first kappa shape index (κ1) is 19.2. The Kier molecular flexibility index (Phi) is 6.65. The second-order valence-electron chi connectivity index (χ2n) is 6.47. The van der Waals surface area contributed by atoms with Gasteiger partial charge in [-0.05, 0) is 55.0 Å². The Hall–Kier alpha value is -2.60. The molecule has 27 heavy (non-hydrogen) atoms. The van der Waals surface area contributed by atoms with Gasteiger partial charge in [-0.25, -0.2) is 4.39 Å². The third-order valence-electron chi connectivity index (χ3n) is 4.63. The van der Waals surface area contributed by atoms with Crippen molar-refractivity contribution < 1.29 is 18.7 Å². The van der Waals surface area contributed by atoms with Crippen LogP contribution < -0.4 is 9.64 Å². The maximum atomic E-state index is 13.1.